The lowest BCUT2D eigenvalue weighted by molar-refractivity contribution is -0.137. The van der Waals surface area contributed by atoms with Crippen molar-refractivity contribution in [2.45, 2.75) is 54.8 Å². The van der Waals surface area contributed by atoms with Crippen LogP contribution in [0.1, 0.15) is 31.2 Å². The van der Waals surface area contributed by atoms with Gasteiger partial charge in [-0.15, -0.1) is 11.8 Å². The molecule has 0 spiro atoms. The molecular formula is C24H29F3N6O2S. The molecule has 1 aromatic carbocycles. The van der Waals surface area contributed by atoms with Gasteiger partial charge in [0.1, 0.15) is 5.82 Å². The van der Waals surface area contributed by atoms with Crippen LogP contribution in [0, 0.1) is 0 Å². The van der Waals surface area contributed by atoms with E-state index in [-0.39, 0.29) is 34.9 Å². The van der Waals surface area contributed by atoms with Gasteiger partial charge in [-0.3, -0.25) is 14.7 Å². The van der Waals surface area contributed by atoms with Crippen LogP contribution in [-0.4, -0.2) is 75.6 Å². The van der Waals surface area contributed by atoms with E-state index in [0.29, 0.717) is 23.8 Å². The first-order valence-corrected chi connectivity index (χ1v) is 13.0. The number of benzene rings is 1. The lowest BCUT2D eigenvalue weighted by Gasteiger charge is -2.49. The highest BCUT2D eigenvalue weighted by Crippen LogP contribution is 2.40. The molecule has 36 heavy (non-hydrogen) atoms. The minimum Gasteiger partial charge on any atom is -0.389 e. The molecule has 1 atom stereocenters. The number of likely N-dealkylation sites (tertiary alicyclic amines) is 1. The number of hydrogen-bond donors (Lipinski definition) is 4. The number of anilines is 2. The molecule has 2 fully saturated rings. The van der Waals surface area contributed by atoms with E-state index in [9.17, 15) is 23.1 Å². The van der Waals surface area contributed by atoms with Crippen molar-refractivity contribution in [3.8, 4) is 0 Å². The van der Waals surface area contributed by atoms with Gasteiger partial charge in [-0.1, -0.05) is 0 Å². The summed E-state index contributed by atoms with van der Waals surface area (Å²) in [6.07, 6.45) is -1.12. The summed E-state index contributed by atoms with van der Waals surface area (Å²) in [4.78, 5) is 23.2. The number of nitrogens with zero attached hydrogens (tertiary/aromatic N) is 3. The normalized spacial score (nSPS) is 27.2. The van der Waals surface area contributed by atoms with E-state index in [4.69, 9.17) is 5.73 Å². The number of aromatic nitrogens is 1. The molecule has 1 amide bonds. The standard InChI is InChI=1S/C24H29F3N6O2S/c25-24(26,27)14-1-2-18-17(7-14)19(8-21(28)32-18)30-10-22(34)31-15-11-33(12-15)16-3-5-23(35,6-4-16)20-9-29-13-36-20/h1-2,7-8,13,15-16,20,35H,3-6,9-12H2,(H,31,34)(H3,28,30,32). The number of carbonyl (C=O) groups excluding carboxylic acids is 1. The van der Waals surface area contributed by atoms with Gasteiger partial charge in [0.15, 0.2) is 0 Å². The largest absolute Gasteiger partial charge is 0.416 e. The van der Waals surface area contributed by atoms with Crippen molar-refractivity contribution in [1.82, 2.24) is 15.2 Å². The third-order valence-corrected chi connectivity index (χ3v) is 8.56. The summed E-state index contributed by atoms with van der Waals surface area (Å²) in [5.41, 5.74) is 6.84. The van der Waals surface area contributed by atoms with Crippen LogP contribution in [0.15, 0.2) is 29.3 Å². The molecule has 1 aliphatic carbocycles. The zero-order chi connectivity index (χ0) is 25.5. The Morgan fingerprint density at radius 2 is 2.00 bits per heavy atom. The molecule has 3 heterocycles. The van der Waals surface area contributed by atoms with Gasteiger partial charge in [0.25, 0.3) is 0 Å². The Kier molecular flexibility index (Phi) is 6.77. The smallest absolute Gasteiger partial charge is 0.389 e. The average molecular weight is 523 g/mol. The molecule has 3 aliphatic rings. The molecular weight excluding hydrogens is 493 g/mol. The van der Waals surface area contributed by atoms with Crippen LogP contribution in [0.3, 0.4) is 0 Å². The predicted molar refractivity (Wildman–Crippen MR) is 135 cm³/mol. The minimum absolute atomic E-state index is 0.0231. The summed E-state index contributed by atoms with van der Waals surface area (Å²) in [5, 5.41) is 17.3. The number of halogens is 3. The molecule has 0 bridgehead atoms. The molecule has 1 saturated heterocycles. The third kappa shape index (κ3) is 5.25. The first-order chi connectivity index (χ1) is 17.1. The molecule has 12 heteroatoms. The number of nitrogens with one attached hydrogen (secondary N) is 2. The summed E-state index contributed by atoms with van der Waals surface area (Å²) in [5.74, 6) is -0.0929. The number of amides is 1. The second kappa shape index (κ2) is 9.71. The Labute approximate surface area is 210 Å². The molecule has 194 valence electrons. The highest BCUT2D eigenvalue weighted by atomic mass is 32.2. The molecule has 8 nitrogen and oxygen atoms in total. The summed E-state index contributed by atoms with van der Waals surface area (Å²) >= 11 is 1.62. The van der Waals surface area contributed by atoms with Crippen LogP contribution < -0.4 is 16.4 Å². The number of rotatable bonds is 6. The van der Waals surface area contributed by atoms with Gasteiger partial charge >= 0.3 is 6.18 Å². The van der Waals surface area contributed by atoms with Gasteiger partial charge in [0.05, 0.1) is 46.6 Å². The number of aliphatic hydroxyl groups is 1. The van der Waals surface area contributed by atoms with Crippen LogP contribution in [-0.2, 0) is 11.0 Å². The fraction of sp³-hybridized carbons (Fsp3) is 0.542. The predicted octanol–water partition coefficient (Wildman–Crippen LogP) is 2.87. The van der Waals surface area contributed by atoms with E-state index < -0.39 is 17.3 Å². The van der Waals surface area contributed by atoms with Crippen molar-refractivity contribution in [2.24, 2.45) is 4.99 Å². The number of carbonyl (C=O) groups is 1. The number of fused-ring (bicyclic) bond motifs is 1. The van der Waals surface area contributed by atoms with Crippen molar-refractivity contribution in [3.05, 3.63) is 29.8 Å². The number of pyridine rings is 1. The van der Waals surface area contributed by atoms with Crippen LogP contribution >= 0.6 is 11.8 Å². The van der Waals surface area contributed by atoms with Gasteiger partial charge in [-0.25, -0.2) is 4.98 Å². The molecule has 2 aromatic rings. The zero-order valence-electron chi connectivity index (χ0n) is 19.6. The Morgan fingerprint density at radius 3 is 2.67 bits per heavy atom. The van der Waals surface area contributed by atoms with Gasteiger partial charge in [-0.2, -0.15) is 13.2 Å². The molecule has 1 aromatic heterocycles. The molecule has 1 unspecified atom stereocenters. The molecule has 5 N–H and O–H groups in total. The van der Waals surface area contributed by atoms with E-state index in [0.717, 1.165) is 50.9 Å². The quantitative estimate of drug-likeness (QED) is 0.461. The van der Waals surface area contributed by atoms with Gasteiger partial charge in [0.2, 0.25) is 5.91 Å². The Bertz CT molecular complexity index is 1150. The van der Waals surface area contributed by atoms with Gasteiger partial charge < -0.3 is 21.5 Å². The SMILES string of the molecule is Nc1cc(NCC(=O)NC2CN(C3CCC(O)(C4CN=CS4)CC3)C2)c2cc(C(F)(F)F)ccc2n1. The fourth-order valence-corrected chi connectivity index (χ4v) is 6.29. The molecule has 0 radical (unpaired) electrons. The molecule has 1 saturated carbocycles. The van der Waals surface area contributed by atoms with E-state index in [1.165, 1.54) is 12.1 Å². The first kappa shape index (κ1) is 25.1. The van der Waals surface area contributed by atoms with Gasteiger partial charge in [-0.05, 0) is 43.9 Å². The summed E-state index contributed by atoms with van der Waals surface area (Å²) in [6, 6.07) is 5.10. The Balaban J connectivity index is 1.11. The maximum Gasteiger partial charge on any atom is 0.416 e. The monoisotopic (exact) mass is 522 g/mol. The highest BCUT2D eigenvalue weighted by Gasteiger charge is 2.44. The maximum atomic E-state index is 13.2. The highest BCUT2D eigenvalue weighted by molar-refractivity contribution is 8.13. The lowest BCUT2D eigenvalue weighted by atomic mass is 9.78. The summed E-state index contributed by atoms with van der Waals surface area (Å²) in [7, 11) is 0. The lowest BCUT2D eigenvalue weighted by Crippen LogP contribution is -2.63. The van der Waals surface area contributed by atoms with Crippen molar-refractivity contribution in [3.63, 3.8) is 0 Å². The second-order valence-corrected chi connectivity index (χ2v) is 10.9. The topological polar surface area (TPSA) is 116 Å². The zero-order valence-corrected chi connectivity index (χ0v) is 20.4. The van der Waals surface area contributed by atoms with Crippen LogP contribution in [0.4, 0.5) is 24.7 Å². The fourth-order valence-electron chi connectivity index (χ4n) is 5.31. The average Bonchev–Trinajstić information content (AvgIpc) is 3.35. The Morgan fingerprint density at radius 1 is 1.25 bits per heavy atom. The number of nitrogen functional groups attached to an aromatic ring is 1. The number of alkyl halides is 3. The van der Waals surface area contributed by atoms with Crippen LogP contribution in [0.5, 0.6) is 0 Å². The van der Waals surface area contributed by atoms with Crippen molar-refractivity contribution in [1.29, 1.82) is 0 Å². The van der Waals surface area contributed by atoms with Crippen molar-refractivity contribution < 1.29 is 23.1 Å². The first-order valence-electron chi connectivity index (χ1n) is 12.0. The summed E-state index contributed by atoms with van der Waals surface area (Å²) in [6.45, 7) is 2.08. The molecule has 5 rings (SSSR count). The number of thioether (sulfide) groups is 1. The number of aliphatic imine (C=N–C) groups is 1. The summed E-state index contributed by atoms with van der Waals surface area (Å²) < 4.78 is 39.5. The van der Waals surface area contributed by atoms with E-state index in [2.05, 4.69) is 25.5 Å². The van der Waals surface area contributed by atoms with Gasteiger partial charge in [0, 0.05) is 36.3 Å². The second-order valence-electron chi connectivity index (χ2n) is 9.83. The van der Waals surface area contributed by atoms with Crippen molar-refractivity contribution >= 4 is 45.6 Å². The molecule has 2 aliphatic heterocycles. The van der Waals surface area contributed by atoms with Crippen LogP contribution in [0.25, 0.3) is 10.9 Å². The Hall–Kier alpha value is -2.57. The number of nitrogens with two attached hydrogens (primary N) is 1. The van der Waals surface area contributed by atoms with E-state index >= 15 is 0 Å². The minimum atomic E-state index is -4.48. The third-order valence-electron chi connectivity index (χ3n) is 7.38. The number of hydrogen-bond acceptors (Lipinski definition) is 8. The van der Waals surface area contributed by atoms with E-state index in [1.807, 2.05) is 5.55 Å². The maximum absolute atomic E-state index is 13.2. The van der Waals surface area contributed by atoms with Crippen LogP contribution in [0.2, 0.25) is 0 Å². The van der Waals surface area contributed by atoms with Crippen molar-refractivity contribution in [2.75, 3.05) is 37.2 Å². The van der Waals surface area contributed by atoms with E-state index in [1.54, 1.807) is 11.8 Å².